The summed E-state index contributed by atoms with van der Waals surface area (Å²) < 4.78 is 89.7. The summed E-state index contributed by atoms with van der Waals surface area (Å²) in [6, 6.07) is 50.1. The SMILES string of the molecule is C=C1CC(CC)(CC)c2ccc(-c3ccccc3C(F)(F)F)cc2N2c3nccnc3N(c3ccccc3)C2C2N(c3ccccc3)c3ccccc3N2c2cc(-c3ccccc3C(F)(F)F)ccc21. The fraction of sp³-hybridized carbons (Fsp3) is 0.172. The number of alkyl halides is 6. The molecule has 70 heavy (non-hydrogen) atoms. The van der Waals surface area contributed by atoms with Gasteiger partial charge in [-0.3, -0.25) is 9.80 Å². The zero-order chi connectivity index (χ0) is 48.5. The first-order valence-electron chi connectivity index (χ1n) is 23.3. The van der Waals surface area contributed by atoms with Crippen LogP contribution < -0.4 is 19.6 Å². The Hall–Kier alpha value is -7.86. The predicted octanol–water partition coefficient (Wildman–Crippen LogP) is 16.3. The summed E-state index contributed by atoms with van der Waals surface area (Å²) in [7, 11) is 0. The van der Waals surface area contributed by atoms with Gasteiger partial charge in [-0.25, -0.2) is 9.97 Å². The van der Waals surface area contributed by atoms with Gasteiger partial charge in [0, 0.05) is 40.4 Å². The molecule has 1 aromatic heterocycles. The van der Waals surface area contributed by atoms with E-state index < -0.39 is 41.2 Å². The molecule has 0 spiro atoms. The first-order chi connectivity index (χ1) is 33.8. The Morgan fingerprint density at radius 1 is 0.486 bits per heavy atom. The van der Waals surface area contributed by atoms with Gasteiger partial charge in [-0.05, 0) is 113 Å². The monoisotopic (exact) mass is 940 g/mol. The lowest BCUT2D eigenvalue weighted by atomic mass is 9.69. The average Bonchev–Trinajstić information content (AvgIpc) is 3.90. The minimum Gasteiger partial charge on any atom is -0.314 e. The third-order valence-corrected chi connectivity index (χ3v) is 14.4. The van der Waals surface area contributed by atoms with Gasteiger partial charge >= 0.3 is 12.4 Å². The molecule has 8 aromatic rings. The molecule has 0 aliphatic carbocycles. The van der Waals surface area contributed by atoms with E-state index in [2.05, 4.69) is 33.4 Å². The maximum absolute atomic E-state index is 15.0. The first kappa shape index (κ1) is 44.6. The second-order valence-electron chi connectivity index (χ2n) is 18.0. The number of halogens is 6. The molecule has 2 atom stereocenters. The van der Waals surface area contributed by atoms with Crippen molar-refractivity contribution in [1.82, 2.24) is 9.97 Å². The number of para-hydroxylation sites is 4. The van der Waals surface area contributed by atoms with Crippen LogP contribution in [0.5, 0.6) is 0 Å². The van der Waals surface area contributed by atoms with Crippen LogP contribution in [0.4, 0.5) is 72.1 Å². The topological polar surface area (TPSA) is 38.7 Å². The molecule has 0 amide bonds. The Morgan fingerprint density at radius 3 is 1.50 bits per heavy atom. The normalized spacial score (nSPS) is 17.2. The van der Waals surface area contributed by atoms with E-state index in [4.69, 9.17) is 16.5 Å². The molecule has 0 radical (unpaired) electrons. The van der Waals surface area contributed by atoms with Crippen molar-refractivity contribution < 1.29 is 26.3 Å². The average molecular weight is 941 g/mol. The van der Waals surface area contributed by atoms with E-state index in [1.165, 1.54) is 24.3 Å². The van der Waals surface area contributed by atoms with Crippen molar-refractivity contribution in [1.29, 1.82) is 0 Å². The van der Waals surface area contributed by atoms with Crippen LogP contribution in [0.3, 0.4) is 0 Å². The van der Waals surface area contributed by atoms with E-state index in [9.17, 15) is 26.3 Å². The number of benzene rings is 7. The number of rotatable bonds is 6. The highest BCUT2D eigenvalue weighted by Gasteiger charge is 2.54. The lowest BCUT2D eigenvalue weighted by Gasteiger charge is -2.45. The summed E-state index contributed by atoms with van der Waals surface area (Å²) in [6.45, 7) is 9.04. The van der Waals surface area contributed by atoms with Crippen molar-refractivity contribution in [3.8, 4) is 22.3 Å². The lowest BCUT2D eigenvalue weighted by Crippen LogP contribution is -2.58. The van der Waals surface area contributed by atoms with Gasteiger partial charge in [-0.15, -0.1) is 0 Å². The van der Waals surface area contributed by atoms with Crippen LogP contribution in [-0.4, -0.2) is 22.3 Å². The molecular formula is C58H46F6N6. The maximum atomic E-state index is 15.0. The molecule has 0 saturated heterocycles. The fourth-order valence-corrected chi connectivity index (χ4v) is 11.1. The molecule has 12 heteroatoms. The van der Waals surface area contributed by atoms with Crippen molar-refractivity contribution in [3.05, 3.63) is 211 Å². The highest BCUT2D eigenvalue weighted by molar-refractivity contribution is 5.97. The number of anilines is 8. The van der Waals surface area contributed by atoms with Crippen molar-refractivity contribution in [2.45, 2.75) is 63.2 Å². The van der Waals surface area contributed by atoms with Gasteiger partial charge in [0.1, 0.15) is 0 Å². The van der Waals surface area contributed by atoms with Gasteiger partial charge in [-0.1, -0.05) is 130 Å². The van der Waals surface area contributed by atoms with E-state index in [1.807, 2.05) is 109 Å². The summed E-state index contributed by atoms with van der Waals surface area (Å²) >= 11 is 0. The minimum atomic E-state index is -4.64. The van der Waals surface area contributed by atoms with Gasteiger partial charge in [0.15, 0.2) is 24.0 Å². The number of hydrogen-bond donors (Lipinski definition) is 0. The van der Waals surface area contributed by atoms with E-state index in [1.54, 1.807) is 36.7 Å². The summed E-state index contributed by atoms with van der Waals surface area (Å²) in [4.78, 5) is 18.9. The minimum absolute atomic E-state index is 0.0324. The highest BCUT2D eigenvalue weighted by Crippen LogP contribution is 2.59. The Labute approximate surface area is 402 Å². The molecule has 350 valence electrons. The van der Waals surface area contributed by atoms with Gasteiger partial charge in [0.2, 0.25) is 0 Å². The zero-order valence-corrected chi connectivity index (χ0v) is 38.3. The molecule has 6 nitrogen and oxygen atoms in total. The highest BCUT2D eigenvalue weighted by atomic mass is 19.4. The van der Waals surface area contributed by atoms with Crippen LogP contribution in [0.25, 0.3) is 27.8 Å². The van der Waals surface area contributed by atoms with Crippen LogP contribution in [-0.2, 0) is 17.8 Å². The largest absolute Gasteiger partial charge is 0.417 e. The molecule has 3 aliphatic heterocycles. The number of aromatic nitrogens is 2. The zero-order valence-electron chi connectivity index (χ0n) is 38.3. The second kappa shape index (κ2) is 17.0. The van der Waals surface area contributed by atoms with Crippen molar-refractivity contribution >= 4 is 51.3 Å². The summed E-state index contributed by atoms with van der Waals surface area (Å²) in [5.41, 5.74) is 5.48. The number of nitrogens with zero attached hydrogens (tertiary/aromatic N) is 6. The molecule has 0 saturated carbocycles. The maximum Gasteiger partial charge on any atom is 0.417 e. The number of fused-ring (bicyclic) bond motifs is 11. The molecule has 11 rings (SSSR count). The molecular weight excluding hydrogens is 895 g/mol. The standard InChI is InChI=1S/C58H46F6N6/c1-4-56(5-2)36-37(3)42-30-28-38(43-22-12-14-24-45(43)57(59,60)61)34-50(42)69-49-27-17-16-26-48(49)67(40-18-8-6-9-19-40)54(69)55-68(41-20-10-7-11-21-41)52-53(66-33-32-65-52)70(55)51-35-39(29-31-47(51)56)44-23-13-15-25-46(44)58(62,63)64/h6-35,54-55H,3-5,36H2,1-2H3. The van der Waals surface area contributed by atoms with Crippen LogP contribution in [0.1, 0.15) is 55.4 Å². The van der Waals surface area contributed by atoms with E-state index >= 15 is 0 Å². The quantitative estimate of drug-likeness (QED) is 0.155. The molecule has 0 N–H and O–H groups in total. The molecule has 4 heterocycles. The summed E-state index contributed by atoms with van der Waals surface area (Å²) in [6.07, 6.45) is -5.99. The van der Waals surface area contributed by atoms with Crippen LogP contribution in [0.2, 0.25) is 0 Å². The van der Waals surface area contributed by atoms with Crippen molar-refractivity contribution in [2.24, 2.45) is 0 Å². The third kappa shape index (κ3) is 7.18. The fourth-order valence-electron chi connectivity index (χ4n) is 11.1. The van der Waals surface area contributed by atoms with Crippen molar-refractivity contribution in [3.63, 3.8) is 0 Å². The Balaban J connectivity index is 1.30. The van der Waals surface area contributed by atoms with E-state index in [-0.39, 0.29) is 11.1 Å². The van der Waals surface area contributed by atoms with Gasteiger partial charge in [0.25, 0.3) is 0 Å². The second-order valence-corrected chi connectivity index (χ2v) is 18.0. The van der Waals surface area contributed by atoms with Crippen LogP contribution >= 0.6 is 0 Å². The number of hydrogen-bond acceptors (Lipinski definition) is 6. The Morgan fingerprint density at radius 2 is 0.943 bits per heavy atom. The van der Waals surface area contributed by atoms with Crippen molar-refractivity contribution in [2.75, 3.05) is 19.6 Å². The molecule has 7 aromatic carbocycles. The summed E-state index contributed by atoms with van der Waals surface area (Å²) in [5.74, 6) is 0.998. The first-order valence-corrected chi connectivity index (χ1v) is 23.3. The lowest BCUT2D eigenvalue weighted by molar-refractivity contribution is -0.137. The molecule has 0 bridgehead atoms. The predicted molar refractivity (Wildman–Crippen MR) is 267 cm³/mol. The Bertz CT molecular complexity index is 3280. The Kier molecular flexibility index (Phi) is 10.8. The van der Waals surface area contributed by atoms with E-state index in [0.29, 0.717) is 53.4 Å². The molecule has 2 unspecified atom stereocenters. The molecule has 3 aliphatic rings. The van der Waals surface area contributed by atoms with Gasteiger partial charge < -0.3 is 9.80 Å². The smallest absolute Gasteiger partial charge is 0.314 e. The number of allylic oxidation sites excluding steroid dienone is 1. The van der Waals surface area contributed by atoms with E-state index in [0.717, 1.165) is 51.6 Å². The molecule has 0 fully saturated rings. The van der Waals surface area contributed by atoms with Gasteiger partial charge in [0.05, 0.1) is 28.2 Å². The van der Waals surface area contributed by atoms with Crippen LogP contribution in [0.15, 0.2) is 189 Å². The third-order valence-electron chi connectivity index (χ3n) is 14.4. The van der Waals surface area contributed by atoms with Gasteiger partial charge in [-0.2, -0.15) is 26.3 Å². The van der Waals surface area contributed by atoms with Crippen LogP contribution in [0, 0.1) is 0 Å². The summed E-state index contributed by atoms with van der Waals surface area (Å²) in [5, 5.41) is 0.